The van der Waals surface area contributed by atoms with Crippen LogP contribution < -0.4 is 14.8 Å². The second-order valence-electron chi connectivity index (χ2n) is 7.17. The summed E-state index contributed by atoms with van der Waals surface area (Å²) in [6, 6.07) is 15.4. The molecule has 0 aliphatic rings. The lowest BCUT2D eigenvalue weighted by molar-refractivity contribution is -0.114. The molecule has 3 rings (SSSR count). The molecule has 0 atom stereocenters. The number of methoxy groups -OCH3 is 1. The Labute approximate surface area is 182 Å². The van der Waals surface area contributed by atoms with Crippen molar-refractivity contribution in [3.63, 3.8) is 0 Å². The summed E-state index contributed by atoms with van der Waals surface area (Å²) in [6.45, 7) is 5.33. The molecule has 0 aliphatic heterocycles. The standard InChI is InChI=1S/C23H25N3O4S/c1-15-13-16(2)25-23(18-5-9-20(30-4)10-6-18)22(15)14-24-31(28,29)21-11-7-19(8-12-21)26-17(3)27/h5-13,24H,14H2,1-4H3,(H,26,27). The predicted molar refractivity (Wildman–Crippen MR) is 120 cm³/mol. The first-order valence-corrected chi connectivity index (χ1v) is 11.2. The number of sulfonamides is 1. The summed E-state index contributed by atoms with van der Waals surface area (Å²) in [7, 11) is -2.15. The van der Waals surface area contributed by atoms with Crippen LogP contribution in [0.4, 0.5) is 5.69 Å². The first-order valence-electron chi connectivity index (χ1n) is 9.68. The molecule has 0 aliphatic carbocycles. The lowest BCUT2D eigenvalue weighted by Gasteiger charge is -2.15. The van der Waals surface area contributed by atoms with Gasteiger partial charge in [0.1, 0.15) is 5.75 Å². The Morgan fingerprint density at radius 2 is 1.68 bits per heavy atom. The average Bonchev–Trinajstić information content (AvgIpc) is 2.72. The number of aromatic nitrogens is 1. The van der Waals surface area contributed by atoms with Crippen molar-refractivity contribution < 1.29 is 17.9 Å². The number of nitrogens with zero attached hydrogens (tertiary/aromatic N) is 1. The van der Waals surface area contributed by atoms with Gasteiger partial charge in [-0.15, -0.1) is 0 Å². The van der Waals surface area contributed by atoms with Crippen LogP contribution in [0, 0.1) is 13.8 Å². The molecule has 0 spiro atoms. The van der Waals surface area contributed by atoms with Crippen molar-refractivity contribution in [3.05, 3.63) is 71.4 Å². The molecular formula is C23H25N3O4S. The highest BCUT2D eigenvalue weighted by Gasteiger charge is 2.17. The van der Waals surface area contributed by atoms with Crippen molar-refractivity contribution in [2.45, 2.75) is 32.2 Å². The van der Waals surface area contributed by atoms with E-state index < -0.39 is 10.0 Å². The lowest BCUT2D eigenvalue weighted by atomic mass is 10.0. The van der Waals surface area contributed by atoms with E-state index in [0.717, 1.165) is 33.8 Å². The van der Waals surface area contributed by atoms with Crippen LogP contribution in [-0.4, -0.2) is 26.4 Å². The van der Waals surface area contributed by atoms with Crippen molar-refractivity contribution in [3.8, 4) is 17.0 Å². The van der Waals surface area contributed by atoms with Gasteiger partial charge in [0.05, 0.1) is 17.7 Å². The normalized spacial score (nSPS) is 11.2. The highest BCUT2D eigenvalue weighted by molar-refractivity contribution is 7.89. The summed E-state index contributed by atoms with van der Waals surface area (Å²) in [5, 5.41) is 2.62. The molecule has 162 valence electrons. The Balaban J connectivity index is 1.87. The smallest absolute Gasteiger partial charge is 0.240 e. The van der Waals surface area contributed by atoms with Crippen LogP contribution in [0.25, 0.3) is 11.3 Å². The predicted octanol–water partition coefficient (Wildman–Crippen LogP) is 3.81. The number of amides is 1. The molecule has 1 heterocycles. The molecule has 0 saturated carbocycles. The topological polar surface area (TPSA) is 97.4 Å². The number of carbonyl (C=O) groups excluding carboxylic acids is 1. The first kappa shape index (κ1) is 22.5. The van der Waals surface area contributed by atoms with Crippen LogP contribution in [0.5, 0.6) is 5.75 Å². The fourth-order valence-corrected chi connectivity index (χ4v) is 4.24. The summed E-state index contributed by atoms with van der Waals surface area (Å²) in [5.41, 5.74) is 4.73. The number of benzene rings is 2. The molecule has 2 aromatic carbocycles. The molecule has 0 bridgehead atoms. The quantitative estimate of drug-likeness (QED) is 0.583. The minimum absolute atomic E-state index is 0.0935. The minimum atomic E-state index is -3.75. The number of hydrogen-bond acceptors (Lipinski definition) is 5. The third-order valence-electron chi connectivity index (χ3n) is 4.76. The van der Waals surface area contributed by atoms with E-state index in [1.807, 2.05) is 44.2 Å². The third-order valence-corrected chi connectivity index (χ3v) is 6.18. The van der Waals surface area contributed by atoms with Crippen molar-refractivity contribution in [2.75, 3.05) is 12.4 Å². The zero-order valence-electron chi connectivity index (χ0n) is 17.9. The first-order chi connectivity index (χ1) is 14.7. The van der Waals surface area contributed by atoms with Crippen LogP contribution in [0.15, 0.2) is 59.5 Å². The maximum Gasteiger partial charge on any atom is 0.240 e. The zero-order chi connectivity index (χ0) is 22.6. The van der Waals surface area contributed by atoms with Gasteiger partial charge in [0.15, 0.2) is 0 Å². The molecule has 1 amide bonds. The monoisotopic (exact) mass is 439 g/mol. The summed E-state index contributed by atoms with van der Waals surface area (Å²) in [6.07, 6.45) is 0. The van der Waals surface area contributed by atoms with E-state index in [1.165, 1.54) is 19.1 Å². The summed E-state index contributed by atoms with van der Waals surface area (Å²) < 4.78 is 33.5. The SMILES string of the molecule is COc1ccc(-c2nc(C)cc(C)c2CNS(=O)(=O)c2ccc(NC(C)=O)cc2)cc1. The van der Waals surface area contributed by atoms with Crippen LogP contribution in [-0.2, 0) is 21.4 Å². The van der Waals surface area contributed by atoms with Crippen molar-refractivity contribution in [1.82, 2.24) is 9.71 Å². The Morgan fingerprint density at radius 3 is 2.26 bits per heavy atom. The lowest BCUT2D eigenvalue weighted by Crippen LogP contribution is -2.24. The van der Waals surface area contributed by atoms with Gasteiger partial charge < -0.3 is 10.1 Å². The van der Waals surface area contributed by atoms with Crippen LogP contribution >= 0.6 is 0 Å². The summed E-state index contributed by atoms with van der Waals surface area (Å²) in [5.74, 6) is 0.514. The summed E-state index contributed by atoms with van der Waals surface area (Å²) >= 11 is 0. The van der Waals surface area contributed by atoms with Gasteiger partial charge in [-0.25, -0.2) is 13.1 Å². The van der Waals surface area contributed by atoms with Gasteiger partial charge in [0.25, 0.3) is 0 Å². The van der Waals surface area contributed by atoms with Gasteiger partial charge in [0.2, 0.25) is 15.9 Å². The highest BCUT2D eigenvalue weighted by atomic mass is 32.2. The van der Waals surface area contributed by atoms with E-state index in [-0.39, 0.29) is 17.3 Å². The highest BCUT2D eigenvalue weighted by Crippen LogP contribution is 2.27. The maximum atomic E-state index is 12.8. The van der Waals surface area contributed by atoms with E-state index in [0.29, 0.717) is 5.69 Å². The van der Waals surface area contributed by atoms with Gasteiger partial charge in [-0.1, -0.05) is 0 Å². The second kappa shape index (κ2) is 9.28. The van der Waals surface area contributed by atoms with E-state index in [2.05, 4.69) is 15.0 Å². The summed E-state index contributed by atoms with van der Waals surface area (Å²) in [4.78, 5) is 15.9. The van der Waals surface area contributed by atoms with Crippen LogP contribution in [0.2, 0.25) is 0 Å². The van der Waals surface area contributed by atoms with E-state index in [4.69, 9.17) is 4.74 Å². The molecule has 8 heteroatoms. The van der Waals surface area contributed by atoms with Gasteiger partial charge in [0, 0.05) is 30.4 Å². The number of aryl methyl sites for hydroxylation is 2. The Kier molecular flexibility index (Phi) is 6.72. The van der Waals surface area contributed by atoms with Crippen LogP contribution in [0.1, 0.15) is 23.7 Å². The number of carbonyl (C=O) groups is 1. The Morgan fingerprint density at radius 1 is 1.03 bits per heavy atom. The number of nitrogens with one attached hydrogen (secondary N) is 2. The Bertz CT molecular complexity index is 1190. The number of pyridine rings is 1. The van der Waals surface area contributed by atoms with Crippen molar-refractivity contribution >= 4 is 21.6 Å². The molecule has 3 aromatic rings. The van der Waals surface area contributed by atoms with Crippen molar-refractivity contribution in [2.24, 2.45) is 0 Å². The van der Waals surface area contributed by atoms with E-state index in [1.54, 1.807) is 19.2 Å². The molecule has 1 aromatic heterocycles. The average molecular weight is 440 g/mol. The molecule has 7 nitrogen and oxygen atoms in total. The molecule has 0 radical (unpaired) electrons. The molecule has 2 N–H and O–H groups in total. The van der Waals surface area contributed by atoms with Gasteiger partial charge in [-0.3, -0.25) is 9.78 Å². The zero-order valence-corrected chi connectivity index (χ0v) is 18.7. The maximum absolute atomic E-state index is 12.8. The fourth-order valence-electron chi connectivity index (χ4n) is 3.25. The van der Waals surface area contributed by atoms with Crippen LogP contribution in [0.3, 0.4) is 0 Å². The molecule has 0 unspecified atom stereocenters. The van der Waals surface area contributed by atoms with Gasteiger partial charge >= 0.3 is 0 Å². The van der Waals surface area contributed by atoms with E-state index in [9.17, 15) is 13.2 Å². The molecule has 0 fully saturated rings. The molecule has 0 saturated heterocycles. The molecular weight excluding hydrogens is 414 g/mol. The van der Waals surface area contributed by atoms with Gasteiger partial charge in [-0.2, -0.15) is 0 Å². The number of ether oxygens (including phenoxy) is 1. The third kappa shape index (κ3) is 5.48. The number of hydrogen-bond donors (Lipinski definition) is 2. The molecule has 31 heavy (non-hydrogen) atoms. The number of rotatable bonds is 7. The second-order valence-corrected chi connectivity index (χ2v) is 8.93. The van der Waals surface area contributed by atoms with Crippen molar-refractivity contribution in [1.29, 1.82) is 0 Å². The minimum Gasteiger partial charge on any atom is -0.497 e. The fraction of sp³-hybridized carbons (Fsp3) is 0.217. The Hall–Kier alpha value is -3.23. The van der Waals surface area contributed by atoms with E-state index >= 15 is 0 Å². The largest absolute Gasteiger partial charge is 0.497 e. The van der Waals surface area contributed by atoms with Gasteiger partial charge in [-0.05, 0) is 79.6 Å². The number of anilines is 1.